The largest absolute Gasteiger partial charge is 0.469 e. The quantitative estimate of drug-likeness (QED) is 0.188. The Balaban J connectivity index is 2.77. The van der Waals surface area contributed by atoms with Crippen LogP contribution in [-0.4, -0.2) is 37.4 Å². The second-order valence-corrected chi connectivity index (χ2v) is 7.93. The average molecular weight is 405 g/mol. The number of esters is 1. The van der Waals surface area contributed by atoms with Crippen molar-refractivity contribution < 1.29 is 19.1 Å². The molecule has 0 bridgehead atoms. The summed E-state index contributed by atoms with van der Waals surface area (Å²) in [6.45, 7) is 5.79. The summed E-state index contributed by atoms with van der Waals surface area (Å²) in [4.78, 5) is 27.1. The highest BCUT2D eigenvalue weighted by Gasteiger charge is 2.23. The van der Waals surface area contributed by atoms with Crippen molar-refractivity contribution >= 4 is 12.1 Å². The molecule has 0 aliphatic carbocycles. The van der Waals surface area contributed by atoms with Gasteiger partial charge in [0.05, 0.1) is 13.0 Å². The van der Waals surface area contributed by atoms with E-state index < -0.39 is 11.7 Å². The summed E-state index contributed by atoms with van der Waals surface area (Å²) in [6, 6.07) is 9.66. The number of nitrogens with zero attached hydrogens (tertiary/aromatic N) is 3. The van der Waals surface area contributed by atoms with Gasteiger partial charge in [0.1, 0.15) is 5.60 Å². The van der Waals surface area contributed by atoms with E-state index in [2.05, 4.69) is 15.3 Å². The smallest absolute Gasteiger partial charge is 0.407 e. The van der Waals surface area contributed by atoms with E-state index >= 15 is 0 Å². The van der Waals surface area contributed by atoms with Crippen LogP contribution in [0.4, 0.5) is 4.79 Å². The van der Waals surface area contributed by atoms with Gasteiger partial charge in [-0.3, -0.25) is 4.79 Å². The third kappa shape index (κ3) is 11.0. The number of rotatable bonds is 11. The van der Waals surface area contributed by atoms with E-state index in [4.69, 9.17) is 15.0 Å². The molecule has 0 fully saturated rings. The van der Waals surface area contributed by atoms with Gasteiger partial charge < -0.3 is 14.8 Å². The molecule has 29 heavy (non-hydrogen) atoms. The van der Waals surface area contributed by atoms with Gasteiger partial charge in [-0.25, -0.2) is 4.79 Å². The van der Waals surface area contributed by atoms with Gasteiger partial charge in [-0.1, -0.05) is 35.4 Å². The molecule has 0 saturated heterocycles. The molecule has 0 unspecified atom stereocenters. The van der Waals surface area contributed by atoms with Crippen LogP contribution < -0.4 is 5.32 Å². The first-order chi connectivity index (χ1) is 13.7. The topological polar surface area (TPSA) is 113 Å². The normalized spacial score (nSPS) is 13.0. The fourth-order valence-corrected chi connectivity index (χ4v) is 3.00. The van der Waals surface area contributed by atoms with Crippen LogP contribution in [0, 0.1) is 5.92 Å². The predicted octanol–water partition coefficient (Wildman–Crippen LogP) is 4.78. The van der Waals surface area contributed by atoms with E-state index in [0.717, 1.165) is 5.56 Å². The van der Waals surface area contributed by atoms with Crippen LogP contribution in [0.2, 0.25) is 0 Å². The van der Waals surface area contributed by atoms with Gasteiger partial charge >= 0.3 is 12.1 Å². The average Bonchev–Trinajstić information content (AvgIpc) is 2.66. The number of amides is 1. The molecule has 0 aliphatic rings. The monoisotopic (exact) mass is 404 g/mol. The summed E-state index contributed by atoms with van der Waals surface area (Å²) in [5.74, 6) is -0.603. The Bertz CT molecular complexity index is 682. The molecule has 0 heterocycles. The van der Waals surface area contributed by atoms with Gasteiger partial charge in [-0.2, -0.15) is 0 Å². The second kappa shape index (κ2) is 12.7. The number of carbonyl (C=O) groups excluding carboxylic acids is 2. The summed E-state index contributed by atoms with van der Waals surface area (Å²) >= 11 is 0. The molecule has 0 aromatic heterocycles. The number of ether oxygens (including phenoxy) is 2. The predicted molar refractivity (Wildman–Crippen MR) is 111 cm³/mol. The molecule has 1 aromatic rings. The highest BCUT2D eigenvalue weighted by Crippen LogP contribution is 2.19. The first-order valence-electron chi connectivity index (χ1n) is 9.87. The first kappa shape index (κ1) is 24.3. The molecule has 1 aromatic carbocycles. The van der Waals surface area contributed by atoms with E-state index in [1.54, 1.807) is 0 Å². The van der Waals surface area contributed by atoms with Crippen molar-refractivity contribution in [2.75, 3.05) is 13.7 Å². The van der Waals surface area contributed by atoms with Crippen LogP contribution in [0.25, 0.3) is 10.4 Å². The molecular formula is C21H32N4O4. The molecule has 1 rings (SSSR count). The van der Waals surface area contributed by atoms with Crippen LogP contribution in [0.1, 0.15) is 52.0 Å². The zero-order chi connectivity index (χ0) is 21.7. The van der Waals surface area contributed by atoms with Crippen molar-refractivity contribution in [2.24, 2.45) is 11.0 Å². The van der Waals surface area contributed by atoms with Crippen molar-refractivity contribution in [3.63, 3.8) is 0 Å². The summed E-state index contributed by atoms with van der Waals surface area (Å²) < 4.78 is 10.3. The van der Waals surface area contributed by atoms with Crippen molar-refractivity contribution in [1.29, 1.82) is 0 Å². The summed E-state index contributed by atoms with van der Waals surface area (Å²) in [6.07, 6.45) is 2.47. The van der Waals surface area contributed by atoms with Gasteiger partial charge in [0, 0.05) is 17.5 Å². The van der Waals surface area contributed by atoms with Crippen LogP contribution in [0.5, 0.6) is 0 Å². The number of hydrogen-bond donors (Lipinski definition) is 1. The number of alkyl carbamates (subject to hydrolysis) is 1. The highest BCUT2D eigenvalue weighted by atomic mass is 16.6. The Hall–Kier alpha value is -2.73. The summed E-state index contributed by atoms with van der Waals surface area (Å²) in [5, 5.41) is 6.44. The maximum atomic E-state index is 12.3. The molecule has 0 spiro atoms. The standard InChI is InChI=1S/C21H32N4O4/c1-21(2,3)29-20(27)24-18(15-16-9-6-5-7-10-16)13-12-17(19(26)28-4)11-8-14-23-25-22/h5-7,9-10,17-18H,8,11-15H2,1-4H3,(H,24,27)/t17-,18+/m1/s1. The van der Waals surface area contributed by atoms with Gasteiger partial charge in [0.2, 0.25) is 0 Å². The maximum Gasteiger partial charge on any atom is 0.407 e. The fraction of sp³-hybridized carbons (Fsp3) is 0.619. The minimum Gasteiger partial charge on any atom is -0.469 e. The molecule has 8 nitrogen and oxygen atoms in total. The Morgan fingerprint density at radius 2 is 1.86 bits per heavy atom. The molecule has 8 heteroatoms. The third-order valence-electron chi connectivity index (χ3n) is 4.32. The zero-order valence-corrected chi connectivity index (χ0v) is 17.8. The molecule has 0 aliphatic heterocycles. The number of carbonyl (C=O) groups is 2. The molecule has 0 radical (unpaired) electrons. The van der Waals surface area contributed by atoms with Crippen molar-refractivity contribution in [1.82, 2.24) is 5.32 Å². The number of methoxy groups -OCH3 is 1. The van der Waals surface area contributed by atoms with E-state index in [-0.39, 0.29) is 17.9 Å². The van der Waals surface area contributed by atoms with Gasteiger partial charge in [0.25, 0.3) is 0 Å². The van der Waals surface area contributed by atoms with E-state index in [0.29, 0.717) is 38.6 Å². The van der Waals surface area contributed by atoms with Crippen LogP contribution in [-0.2, 0) is 20.7 Å². The number of azide groups is 1. The SMILES string of the molecule is COC(=O)[C@H](CCCN=[N+]=[N-])CC[C@@H](Cc1ccccc1)NC(=O)OC(C)(C)C. The molecular weight excluding hydrogens is 372 g/mol. The number of nitrogens with one attached hydrogen (secondary N) is 1. The maximum absolute atomic E-state index is 12.3. The van der Waals surface area contributed by atoms with Crippen LogP contribution in [0.15, 0.2) is 35.4 Å². The number of hydrogen-bond acceptors (Lipinski definition) is 5. The molecule has 2 atom stereocenters. The summed E-state index contributed by atoms with van der Waals surface area (Å²) in [5.41, 5.74) is 8.89. The van der Waals surface area contributed by atoms with Gasteiger partial charge in [0.15, 0.2) is 0 Å². The summed E-state index contributed by atoms with van der Waals surface area (Å²) in [7, 11) is 1.36. The second-order valence-electron chi connectivity index (χ2n) is 7.93. The lowest BCUT2D eigenvalue weighted by molar-refractivity contribution is -0.146. The molecule has 1 N–H and O–H groups in total. The Kier molecular flexibility index (Phi) is 10.6. The minimum atomic E-state index is -0.586. The highest BCUT2D eigenvalue weighted by molar-refractivity contribution is 5.72. The Morgan fingerprint density at radius 3 is 2.45 bits per heavy atom. The Labute approximate surface area is 172 Å². The minimum absolute atomic E-state index is 0.184. The van der Waals surface area contributed by atoms with E-state index in [1.165, 1.54) is 7.11 Å². The van der Waals surface area contributed by atoms with Crippen molar-refractivity contribution in [2.45, 2.75) is 64.5 Å². The first-order valence-corrected chi connectivity index (χ1v) is 9.87. The van der Waals surface area contributed by atoms with Crippen LogP contribution in [0.3, 0.4) is 0 Å². The molecule has 160 valence electrons. The molecule has 0 saturated carbocycles. The van der Waals surface area contributed by atoms with Gasteiger partial charge in [-0.05, 0) is 64.0 Å². The number of benzene rings is 1. The third-order valence-corrected chi connectivity index (χ3v) is 4.32. The Morgan fingerprint density at radius 1 is 1.17 bits per heavy atom. The zero-order valence-electron chi connectivity index (χ0n) is 17.8. The lowest BCUT2D eigenvalue weighted by atomic mass is 9.93. The lowest BCUT2D eigenvalue weighted by Crippen LogP contribution is -2.40. The lowest BCUT2D eigenvalue weighted by Gasteiger charge is -2.25. The van der Waals surface area contributed by atoms with E-state index in [9.17, 15) is 9.59 Å². The van der Waals surface area contributed by atoms with Crippen molar-refractivity contribution in [3.05, 3.63) is 46.3 Å². The van der Waals surface area contributed by atoms with Crippen LogP contribution >= 0.6 is 0 Å². The molecule has 1 amide bonds. The van der Waals surface area contributed by atoms with Gasteiger partial charge in [-0.15, -0.1) is 0 Å². The van der Waals surface area contributed by atoms with E-state index in [1.807, 2.05) is 51.1 Å². The fourth-order valence-electron chi connectivity index (χ4n) is 3.00. The van der Waals surface area contributed by atoms with Crippen molar-refractivity contribution in [3.8, 4) is 0 Å².